The van der Waals surface area contributed by atoms with Crippen LogP contribution in [-0.4, -0.2) is 27.5 Å². The number of anilines is 1. The number of thioether (sulfide) groups is 1. The summed E-state index contributed by atoms with van der Waals surface area (Å²) in [5.74, 6) is 3.14. The van der Waals surface area contributed by atoms with Gasteiger partial charge in [0.05, 0.1) is 0 Å². The van der Waals surface area contributed by atoms with Crippen LogP contribution in [0.4, 0.5) is 5.82 Å². The average Bonchev–Trinajstić information content (AvgIpc) is 2.18. The van der Waals surface area contributed by atoms with Gasteiger partial charge < -0.3 is 5.32 Å². The zero-order valence-electron chi connectivity index (χ0n) is 9.03. The molecular formula is C10H16ClN3S. The van der Waals surface area contributed by atoms with Crippen LogP contribution in [0.25, 0.3) is 0 Å². The molecule has 0 fully saturated rings. The van der Waals surface area contributed by atoms with E-state index < -0.39 is 0 Å². The lowest BCUT2D eigenvalue weighted by atomic mass is 10.2. The second-order valence-corrected chi connectivity index (χ2v) is 5.04. The molecule has 0 aromatic carbocycles. The Hall–Kier alpha value is -0.480. The third-order valence-corrected chi connectivity index (χ3v) is 3.07. The van der Waals surface area contributed by atoms with Crippen LogP contribution in [0, 0.1) is 0 Å². The number of nitrogens with one attached hydrogen (secondary N) is 1. The summed E-state index contributed by atoms with van der Waals surface area (Å²) >= 11 is 7.71. The van der Waals surface area contributed by atoms with E-state index in [4.69, 9.17) is 11.6 Å². The van der Waals surface area contributed by atoms with Gasteiger partial charge in [-0.3, -0.25) is 0 Å². The van der Waals surface area contributed by atoms with Gasteiger partial charge in [0.2, 0.25) is 0 Å². The van der Waals surface area contributed by atoms with E-state index in [1.165, 1.54) is 17.8 Å². The quantitative estimate of drug-likeness (QED) is 0.618. The van der Waals surface area contributed by atoms with Crippen LogP contribution in [0.2, 0.25) is 5.15 Å². The lowest BCUT2D eigenvalue weighted by Gasteiger charge is -2.13. The van der Waals surface area contributed by atoms with Crippen molar-refractivity contribution >= 4 is 29.2 Å². The fraction of sp³-hybridized carbons (Fsp3) is 0.600. The molecule has 0 bridgehead atoms. The summed E-state index contributed by atoms with van der Waals surface area (Å²) in [5.41, 5.74) is 0. The van der Waals surface area contributed by atoms with Gasteiger partial charge in [-0.2, -0.15) is 11.8 Å². The normalized spacial score (nSPS) is 12.5. The van der Waals surface area contributed by atoms with Gasteiger partial charge in [-0.15, -0.1) is 0 Å². The highest BCUT2D eigenvalue weighted by Gasteiger charge is 2.03. The lowest BCUT2D eigenvalue weighted by Crippen LogP contribution is -2.16. The molecule has 1 atom stereocenters. The highest BCUT2D eigenvalue weighted by atomic mass is 35.5. The standard InChI is InChI=1S/C10H16ClN3S/c1-3-15-5-4-8(2)14-10-6-9(11)12-7-13-10/h6-8H,3-5H2,1-2H3,(H,12,13,14). The molecule has 0 radical (unpaired) electrons. The minimum absolute atomic E-state index is 0.412. The number of nitrogens with zero attached hydrogens (tertiary/aromatic N) is 2. The van der Waals surface area contributed by atoms with Crippen molar-refractivity contribution in [2.45, 2.75) is 26.3 Å². The van der Waals surface area contributed by atoms with E-state index in [2.05, 4.69) is 29.1 Å². The zero-order valence-corrected chi connectivity index (χ0v) is 10.6. The Bertz CT molecular complexity index is 296. The Labute approximate surface area is 100 Å². The van der Waals surface area contributed by atoms with Crippen molar-refractivity contribution in [3.05, 3.63) is 17.5 Å². The molecule has 1 unspecified atom stereocenters. The van der Waals surface area contributed by atoms with Gasteiger partial charge in [0.1, 0.15) is 17.3 Å². The van der Waals surface area contributed by atoms with E-state index in [-0.39, 0.29) is 0 Å². The second-order valence-electron chi connectivity index (χ2n) is 3.26. The SMILES string of the molecule is CCSCCC(C)Nc1cc(Cl)ncn1. The Kier molecular flexibility index (Phi) is 5.79. The molecule has 0 spiro atoms. The topological polar surface area (TPSA) is 37.8 Å². The van der Waals surface area contributed by atoms with E-state index in [9.17, 15) is 0 Å². The van der Waals surface area contributed by atoms with Crippen LogP contribution in [0.3, 0.4) is 0 Å². The molecule has 0 aliphatic rings. The number of hydrogen-bond acceptors (Lipinski definition) is 4. The predicted molar refractivity (Wildman–Crippen MR) is 67.7 cm³/mol. The van der Waals surface area contributed by atoms with Crippen molar-refractivity contribution in [1.82, 2.24) is 9.97 Å². The molecule has 5 heteroatoms. The first-order valence-electron chi connectivity index (χ1n) is 5.04. The molecule has 1 rings (SSSR count). The van der Waals surface area contributed by atoms with E-state index in [1.54, 1.807) is 6.07 Å². The third-order valence-electron chi connectivity index (χ3n) is 1.93. The molecule has 0 saturated carbocycles. The van der Waals surface area contributed by atoms with Gasteiger partial charge in [-0.05, 0) is 24.9 Å². The maximum Gasteiger partial charge on any atom is 0.134 e. The molecule has 1 heterocycles. The second kappa shape index (κ2) is 6.90. The van der Waals surface area contributed by atoms with Crippen LogP contribution < -0.4 is 5.32 Å². The predicted octanol–water partition coefficient (Wildman–Crippen LogP) is 3.07. The van der Waals surface area contributed by atoms with Gasteiger partial charge in [0, 0.05) is 12.1 Å². The van der Waals surface area contributed by atoms with Crippen molar-refractivity contribution in [2.24, 2.45) is 0 Å². The molecule has 0 amide bonds. The summed E-state index contributed by atoms with van der Waals surface area (Å²) in [5, 5.41) is 3.77. The van der Waals surface area contributed by atoms with Crippen LogP contribution in [0.1, 0.15) is 20.3 Å². The zero-order chi connectivity index (χ0) is 11.1. The number of halogens is 1. The first-order chi connectivity index (χ1) is 7.22. The Morgan fingerprint density at radius 1 is 1.53 bits per heavy atom. The minimum Gasteiger partial charge on any atom is -0.367 e. The van der Waals surface area contributed by atoms with Crippen molar-refractivity contribution in [3.8, 4) is 0 Å². The van der Waals surface area contributed by atoms with Gasteiger partial charge in [0.15, 0.2) is 0 Å². The summed E-state index contributed by atoms with van der Waals surface area (Å²) in [4.78, 5) is 7.93. The average molecular weight is 246 g/mol. The molecule has 0 saturated heterocycles. The van der Waals surface area contributed by atoms with Crippen LogP contribution >= 0.6 is 23.4 Å². The fourth-order valence-corrected chi connectivity index (χ4v) is 2.10. The number of rotatable bonds is 6. The highest BCUT2D eigenvalue weighted by molar-refractivity contribution is 7.99. The lowest BCUT2D eigenvalue weighted by molar-refractivity contribution is 0.765. The highest BCUT2D eigenvalue weighted by Crippen LogP contribution is 2.12. The molecule has 1 N–H and O–H groups in total. The molecule has 3 nitrogen and oxygen atoms in total. The van der Waals surface area contributed by atoms with Crippen LogP contribution in [0.15, 0.2) is 12.4 Å². The molecular weight excluding hydrogens is 230 g/mol. The molecule has 1 aromatic rings. The molecule has 84 valence electrons. The van der Waals surface area contributed by atoms with E-state index in [0.717, 1.165) is 12.2 Å². The summed E-state index contributed by atoms with van der Waals surface area (Å²) in [6, 6.07) is 2.15. The van der Waals surface area contributed by atoms with Crippen LogP contribution in [-0.2, 0) is 0 Å². The van der Waals surface area contributed by atoms with E-state index >= 15 is 0 Å². The molecule has 15 heavy (non-hydrogen) atoms. The Morgan fingerprint density at radius 2 is 2.33 bits per heavy atom. The van der Waals surface area contributed by atoms with Crippen molar-refractivity contribution in [3.63, 3.8) is 0 Å². The first-order valence-corrected chi connectivity index (χ1v) is 6.57. The monoisotopic (exact) mass is 245 g/mol. The van der Waals surface area contributed by atoms with Crippen molar-refractivity contribution in [1.29, 1.82) is 0 Å². The Balaban J connectivity index is 2.34. The summed E-state index contributed by atoms with van der Waals surface area (Å²) in [6.45, 7) is 4.32. The van der Waals surface area contributed by atoms with Crippen molar-refractivity contribution < 1.29 is 0 Å². The van der Waals surface area contributed by atoms with Gasteiger partial charge in [-0.1, -0.05) is 18.5 Å². The fourth-order valence-electron chi connectivity index (χ4n) is 1.14. The largest absolute Gasteiger partial charge is 0.367 e. The minimum atomic E-state index is 0.412. The number of aromatic nitrogens is 2. The van der Waals surface area contributed by atoms with E-state index in [1.807, 2.05) is 11.8 Å². The van der Waals surface area contributed by atoms with Gasteiger partial charge in [-0.25, -0.2) is 9.97 Å². The maximum atomic E-state index is 5.76. The summed E-state index contributed by atoms with van der Waals surface area (Å²) < 4.78 is 0. The molecule has 1 aromatic heterocycles. The van der Waals surface area contributed by atoms with E-state index in [0.29, 0.717) is 11.2 Å². The van der Waals surface area contributed by atoms with Crippen LogP contribution in [0.5, 0.6) is 0 Å². The molecule has 0 aliphatic heterocycles. The van der Waals surface area contributed by atoms with Gasteiger partial charge in [0.25, 0.3) is 0 Å². The molecule has 0 aliphatic carbocycles. The third kappa shape index (κ3) is 5.23. The smallest absolute Gasteiger partial charge is 0.134 e. The number of hydrogen-bond donors (Lipinski definition) is 1. The summed E-state index contributed by atoms with van der Waals surface area (Å²) in [7, 11) is 0. The summed E-state index contributed by atoms with van der Waals surface area (Å²) in [6.07, 6.45) is 2.60. The Morgan fingerprint density at radius 3 is 3.00 bits per heavy atom. The van der Waals surface area contributed by atoms with Gasteiger partial charge >= 0.3 is 0 Å². The maximum absolute atomic E-state index is 5.76. The first kappa shape index (κ1) is 12.6. The van der Waals surface area contributed by atoms with Crippen molar-refractivity contribution in [2.75, 3.05) is 16.8 Å².